The van der Waals surface area contributed by atoms with Crippen LogP contribution in [0.25, 0.3) is 5.69 Å². The summed E-state index contributed by atoms with van der Waals surface area (Å²) in [4.78, 5) is 15.0. The van der Waals surface area contributed by atoms with E-state index < -0.39 is 0 Å². The van der Waals surface area contributed by atoms with Crippen molar-refractivity contribution in [2.24, 2.45) is 0 Å². The Bertz CT molecular complexity index is 1040. The average molecular weight is 421 g/mol. The molecular formula is C24H27N3O4. The van der Waals surface area contributed by atoms with Crippen LogP contribution in [-0.2, 0) is 6.61 Å². The molecular weight excluding hydrogens is 394 g/mol. The van der Waals surface area contributed by atoms with Crippen LogP contribution in [0.2, 0.25) is 0 Å². The summed E-state index contributed by atoms with van der Waals surface area (Å²) in [6.07, 6.45) is 3.33. The number of aromatic nitrogens is 2. The number of hydrogen-bond donors (Lipinski definition) is 1. The minimum Gasteiger partial charge on any atom is -0.493 e. The van der Waals surface area contributed by atoms with Crippen LogP contribution in [0.4, 0.5) is 0 Å². The van der Waals surface area contributed by atoms with Crippen molar-refractivity contribution in [1.29, 1.82) is 0 Å². The van der Waals surface area contributed by atoms with Gasteiger partial charge in [-0.15, -0.1) is 0 Å². The molecule has 7 heteroatoms. The maximum absolute atomic E-state index is 13.2. The monoisotopic (exact) mass is 421 g/mol. The van der Waals surface area contributed by atoms with Crippen molar-refractivity contribution in [3.8, 4) is 17.2 Å². The first-order chi connectivity index (χ1) is 15.2. The number of benzene rings is 2. The van der Waals surface area contributed by atoms with Crippen LogP contribution in [0.3, 0.4) is 0 Å². The lowest BCUT2D eigenvalue weighted by atomic mass is 9.90. The van der Waals surface area contributed by atoms with Crippen LogP contribution in [0.1, 0.15) is 40.4 Å². The standard InChI is InChI=1S/C24H27N3O4/c1-30-21-10-6-9-20(23(21)31-2)24(29)26-13-11-17(12-14-26)22-18(16-28)15-25-27(22)19-7-4-3-5-8-19/h3-10,15,17,28H,11-14,16H2,1-2H3. The molecule has 0 saturated carbocycles. The Hall–Kier alpha value is -3.32. The van der Waals surface area contributed by atoms with Crippen LogP contribution in [0, 0.1) is 0 Å². The summed E-state index contributed by atoms with van der Waals surface area (Å²) >= 11 is 0. The van der Waals surface area contributed by atoms with Gasteiger partial charge in [0.15, 0.2) is 11.5 Å². The van der Waals surface area contributed by atoms with Crippen molar-refractivity contribution in [2.75, 3.05) is 27.3 Å². The predicted molar refractivity (Wildman–Crippen MR) is 117 cm³/mol. The fraction of sp³-hybridized carbons (Fsp3) is 0.333. The highest BCUT2D eigenvalue weighted by Gasteiger charge is 2.30. The highest BCUT2D eigenvalue weighted by atomic mass is 16.5. The SMILES string of the molecule is COc1cccc(C(=O)N2CCC(c3c(CO)cnn3-c3ccccc3)CC2)c1OC. The fourth-order valence-electron chi connectivity index (χ4n) is 4.31. The van der Waals surface area contributed by atoms with Gasteiger partial charge in [0.25, 0.3) is 5.91 Å². The number of rotatable bonds is 6. The first-order valence-corrected chi connectivity index (χ1v) is 10.4. The molecule has 0 spiro atoms. The number of piperidine rings is 1. The Kier molecular flexibility index (Phi) is 6.23. The summed E-state index contributed by atoms with van der Waals surface area (Å²) in [5.74, 6) is 1.15. The number of para-hydroxylation sites is 2. The van der Waals surface area contributed by atoms with E-state index in [4.69, 9.17) is 9.47 Å². The van der Waals surface area contributed by atoms with Gasteiger partial charge in [-0.3, -0.25) is 4.79 Å². The van der Waals surface area contributed by atoms with Gasteiger partial charge < -0.3 is 19.5 Å². The van der Waals surface area contributed by atoms with Crippen molar-refractivity contribution in [3.63, 3.8) is 0 Å². The van der Waals surface area contributed by atoms with E-state index in [0.29, 0.717) is 30.2 Å². The van der Waals surface area contributed by atoms with E-state index in [1.165, 1.54) is 0 Å². The van der Waals surface area contributed by atoms with Gasteiger partial charge in [0.05, 0.1) is 44.0 Å². The highest BCUT2D eigenvalue weighted by molar-refractivity contribution is 5.97. The Labute approximate surface area is 181 Å². The van der Waals surface area contributed by atoms with Crippen molar-refractivity contribution in [2.45, 2.75) is 25.4 Å². The Morgan fingerprint density at radius 2 is 1.81 bits per heavy atom. The maximum atomic E-state index is 13.2. The van der Waals surface area contributed by atoms with Crippen molar-refractivity contribution >= 4 is 5.91 Å². The summed E-state index contributed by atoms with van der Waals surface area (Å²) in [7, 11) is 3.11. The Balaban J connectivity index is 1.54. The van der Waals surface area contributed by atoms with E-state index >= 15 is 0 Å². The minimum absolute atomic E-state index is 0.0533. The summed E-state index contributed by atoms with van der Waals surface area (Å²) in [5.41, 5.74) is 3.34. The molecule has 1 saturated heterocycles. The van der Waals surface area contributed by atoms with E-state index in [1.807, 2.05) is 39.9 Å². The van der Waals surface area contributed by atoms with Crippen LogP contribution in [0.15, 0.2) is 54.7 Å². The molecule has 1 aliphatic heterocycles. The van der Waals surface area contributed by atoms with Crippen molar-refractivity contribution < 1.29 is 19.4 Å². The lowest BCUT2D eigenvalue weighted by Gasteiger charge is -2.33. The largest absolute Gasteiger partial charge is 0.493 e. The van der Waals surface area contributed by atoms with Crippen molar-refractivity contribution in [3.05, 3.63) is 71.5 Å². The molecule has 2 aromatic carbocycles. The maximum Gasteiger partial charge on any atom is 0.257 e. The second kappa shape index (κ2) is 9.22. The molecule has 0 bridgehead atoms. The third-order valence-corrected chi connectivity index (χ3v) is 5.86. The lowest BCUT2D eigenvalue weighted by Crippen LogP contribution is -2.38. The van der Waals surface area contributed by atoms with Crippen molar-refractivity contribution in [1.82, 2.24) is 14.7 Å². The normalized spacial score (nSPS) is 14.5. The van der Waals surface area contributed by atoms with Gasteiger partial charge in [-0.2, -0.15) is 5.10 Å². The number of amides is 1. The number of ether oxygens (including phenoxy) is 2. The molecule has 7 nitrogen and oxygen atoms in total. The molecule has 1 N–H and O–H groups in total. The smallest absolute Gasteiger partial charge is 0.257 e. The molecule has 3 aromatic rings. The molecule has 1 aromatic heterocycles. The van der Waals surface area contributed by atoms with Gasteiger partial charge in [-0.1, -0.05) is 24.3 Å². The summed E-state index contributed by atoms with van der Waals surface area (Å²) < 4.78 is 12.7. The van der Waals surface area contributed by atoms with E-state index in [-0.39, 0.29) is 18.4 Å². The number of methoxy groups -OCH3 is 2. The van der Waals surface area contributed by atoms with Crippen LogP contribution < -0.4 is 9.47 Å². The second-order valence-electron chi connectivity index (χ2n) is 7.57. The average Bonchev–Trinajstić information content (AvgIpc) is 3.28. The number of nitrogens with zero attached hydrogens (tertiary/aromatic N) is 3. The first kappa shape index (κ1) is 20.9. The number of carbonyl (C=O) groups excluding carboxylic acids is 1. The van der Waals surface area contributed by atoms with E-state index in [9.17, 15) is 9.90 Å². The van der Waals surface area contributed by atoms with Gasteiger partial charge in [0.2, 0.25) is 0 Å². The number of likely N-dealkylation sites (tertiary alicyclic amines) is 1. The summed E-state index contributed by atoms with van der Waals surface area (Å²) in [6, 6.07) is 15.3. The fourth-order valence-corrected chi connectivity index (χ4v) is 4.31. The van der Waals surface area contributed by atoms with E-state index in [0.717, 1.165) is 29.8 Å². The van der Waals surface area contributed by atoms with Gasteiger partial charge in [-0.25, -0.2) is 4.68 Å². The van der Waals surface area contributed by atoms with Gasteiger partial charge in [-0.05, 0) is 37.1 Å². The molecule has 0 unspecified atom stereocenters. The molecule has 0 aliphatic carbocycles. The predicted octanol–water partition coefficient (Wildman–Crippen LogP) is 3.40. The Morgan fingerprint density at radius 1 is 1.06 bits per heavy atom. The zero-order chi connectivity index (χ0) is 21.8. The molecule has 2 heterocycles. The zero-order valence-corrected chi connectivity index (χ0v) is 17.8. The third kappa shape index (κ3) is 4.01. The van der Waals surface area contributed by atoms with Crippen LogP contribution in [-0.4, -0.2) is 53.0 Å². The molecule has 162 valence electrons. The van der Waals surface area contributed by atoms with Crippen LogP contribution in [0.5, 0.6) is 11.5 Å². The van der Waals surface area contributed by atoms with Gasteiger partial charge in [0, 0.05) is 24.6 Å². The van der Waals surface area contributed by atoms with Gasteiger partial charge in [0.1, 0.15) is 0 Å². The number of aliphatic hydroxyl groups excluding tert-OH is 1. The zero-order valence-electron chi connectivity index (χ0n) is 17.8. The third-order valence-electron chi connectivity index (χ3n) is 5.86. The number of hydrogen-bond acceptors (Lipinski definition) is 5. The Morgan fingerprint density at radius 3 is 2.45 bits per heavy atom. The van der Waals surface area contributed by atoms with E-state index in [2.05, 4.69) is 5.10 Å². The van der Waals surface area contributed by atoms with Crippen LogP contribution >= 0.6 is 0 Å². The lowest BCUT2D eigenvalue weighted by molar-refractivity contribution is 0.0707. The summed E-state index contributed by atoms with van der Waals surface area (Å²) in [5, 5.41) is 14.4. The topological polar surface area (TPSA) is 76.8 Å². The highest BCUT2D eigenvalue weighted by Crippen LogP contribution is 2.35. The molecule has 1 amide bonds. The van der Waals surface area contributed by atoms with E-state index in [1.54, 1.807) is 38.6 Å². The first-order valence-electron chi connectivity index (χ1n) is 10.4. The number of carbonyl (C=O) groups is 1. The molecule has 31 heavy (non-hydrogen) atoms. The van der Waals surface area contributed by atoms with Gasteiger partial charge >= 0.3 is 0 Å². The minimum atomic E-state index is -0.0619. The molecule has 0 atom stereocenters. The second-order valence-corrected chi connectivity index (χ2v) is 7.57. The molecule has 4 rings (SSSR count). The number of aliphatic hydroxyl groups is 1. The quantitative estimate of drug-likeness (QED) is 0.660. The molecule has 1 aliphatic rings. The summed E-state index contributed by atoms with van der Waals surface area (Å²) in [6.45, 7) is 1.19. The molecule has 0 radical (unpaired) electrons. The molecule has 1 fully saturated rings.